The zero-order valence-electron chi connectivity index (χ0n) is 11.0. The van der Waals surface area contributed by atoms with Gasteiger partial charge in [-0.1, -0.05) is 17.7 Å². The van der Waals surface area contributed by atoms with Gasteiger partial charge in [-0.15, -0.1) is 0 Å². The summed E-state index contributed by atoms with van der Waals surface area (Å²) in [5, 5.41) is 1.21. The van der Waals surface area contributed by atoms with Gasteiger partial charge in [0.05, 0.1) is 19.6 Å². The number of aromatic nitrogens is 3. The van der Waals surface area contributed by atoms with E-state index in [4.69, 9.17) is 21.1 Å². The van der Waals surface area contributed by atoms with Gasteiger partial charge < -0.3 is 14.5 Å². The number of nitrogens with one attached hydrogen (secondary N) is 1. The molecule has 6 heteroatoms. The molecule has 1 aromatic carbocycles. The third kappa shape index (κ3) is 1.96. The van der Waals surface area contributed by atoms with Gasteiger partial charge in [0.25, 0.3) is 0 Å². The molecule has 3 aromatic rings. The number of methoxy groups -OCH3 is 2. The number of nitrogens with zero attached hydrogens (tertiary/aromatic N) is 2. The van der Waals surface area contributed by atoms with Gasteiger partial charge in [0.15, 0.2) is 11.5 Å². The van der Waals surface area contributed by atoms with Gasteiger partial charge in [0.1, 0.15) is 17.1 Å². The number of ether oxygens (including phenoxy) is 2. The maximum absolute atomic E-state index is 6.16. The summed E-state index contributed by atoms with van der Waals surface area (Å²) in [6.45, 7) is 0. The average molecular weight is 290 g/mol. The molecule has 0 aliphatic rings. The Bertz CT molecular complexity index is 770. The van der Waals surface area contributed by atoms with Crippen LogP contribution in [-0.4, -0.2) is 29.2 Å². The fourth-order valence-electron chi connectivity index (χ4n) is 2.16. The van der Waals surface area contributed by atoms with Gasteiger partial charge >= 0.3 is 0 Å². The van der Waals surface area contributed by atoms with Crippen LogP contribution in [0.2, 0.25) is 5.15 Å². The molecule has 0 radical (unpaired) electrons. The van der Waals surface area contributed by atoms with Crippen LogP contribution in [0.3, 0.4) is 0 Å². The van der Waals surface area contributed by atoms with Crippen LogP contribution >= 0.6 is 11.6 Å². The quantitative estimate of drug-likeness (QED) is 0.752. The summed E-state index contributed by atoms with van der Waals surface area (Å²) in [7, 11) is 3.21. The van der Waals surface area contributed by atoms with Crippen molar-refractivity contribution in [1.82, 2.24) is 15.0 Å². The van der Waals surface area contributed by atoms with Crippen molar-refractivity contribution in [3.05, 3.63) is 35.9 Å². The highest BCUT2D eigenvalue weighted by Crippen LogP contribution is 2.36. The van der Waals surface area contributed by atoms with E-state index in [1.807, 2.05) is 24.4 Å². The molecule has 0 fully saturated rings. The summed E-state index contributed by atoms with van der Waals surface area (Å²) in [6, 6.07) is 5.68. The minimum atomic E-state index is 0.418. The molecule has 102 valence electrons. The molecule has 0 aliphatic carbocycles. The van der Waals surface area contributed by atoms with E-state index in [9.17, 15) is 0 Å². The highest BCUT2D eigenvalue weighted by molar-refractivity contribution is 6.35. The molecule has 0 aliphatic heterocycles. The van der Waals surface area contributed by atoms with Crippen molar-refractivity contribution in [2.75, 3.05) is 14.2 Å². The molecule has 0 unspecified atom stereocenters. The summed E-state index contributed by atoms with van der Waals surface area (Å²) in [6.07, 6.45) is 3.28. The largest absolute Gasteiger partial charge is 0.493 e. The highest BCUT2D eigenvalue weighted by Gasteiger charge is 2.13. The predicted molar refractivity (Wildman–Crippen MR) is 77.4 cm³/mol. The van der Waals surface area contributed by atoms with Gasteiger partial charge in [-0.25, -0.2) is 9.97 Å². The Balaban J connectivity index is 2.21. The van der Waals surface area contributed by atoms with Crippen LogP contribution in [0.25, 0.3) is 22.2 Å². The zero-order chi connectivity index (χ0) is 14.1. The second kappa shape index (κ2) is 5.02. The molecular weight excluding hydrogens is 278 g/mol. The van der Waals surface area contributed by atoms with Crippen molar-refractivity contribution >= 4 is 22.6 Å². The monoisotopic (exact) mass is 289 g/mol. The molecule has 0 saturated heterocycles. The Kier molecular flexibility index (Phi) is 3.20. The standard InChI is InChI=1S/C14H12ClN3O2/c1-19-10-4-3-8(5-11(10)20-2)9-6-16-14-12(9)13(15)17-7-18-14/h3-7H,1-2H3,(H,16,17,18). The van der Waals surface area contributed by atoms with Gasteiger partial charge in [0.2, 0.25) is 0 Å². The van der Waals surface area contributed by atoms with E-state index in [2.05, 4.69) is 15.0 Å². The van der Waals surface area contributed by atoms with Gasteiger partial charge in [-0.05, 0) is 17.7 Å². The van der Waals surface area contributed by atoms with Gasteiger partial charge in [-0.2, -0.15) is 0 Å². The van der Waals surface area contributed by atoms with Crippen molar-refractivity contribution in [2.24, 2.45) is 0 Å². The van der Waals surface area contributed by atoms with Crippen LogP contribution in [0.4, 0.5) is 0 Å². The molecule has 2 heterocycles. The summed E-state index contributed by atoms with van der Waals surface area (Å²) in [5.74, 6) is 1.34. The second-order valence-corrected chi connectivity index (χ2v) is 4.52. The molecule has 3 rings (SSSR count). The van der Waals surface area contributed by atoms with E-state index in [1.54, 1.807) is 14.2 Å². The molecule has 20 heavy (non-hydrogen) atoms. The maximum Gasteiger partial charge on any atom is 0.161 e. The normalized spacial score (nSPS) is 10.8. The van der Waals surface area contributed by atoms with E-state index in [0.29, 0.717) is 22.3 Å². The molecule has 0 atom stereocenters. The molecule has 2 aromatic heterocycles. The fraction of sp³-hybridized carbons (Fsp3) is 0.143. The average Bonchev–Trinajstić information content (AvgIpc) is 2.92. The third-order valence-electron chi connectivity index (χ3n) is 3.12. The van der Waals surface area contributed by atoms with Gasteiger partial charge in [0, 0.05) is 11.8 Å². The Morgan fingerprint density at radius 1 is 1.10 bits per heavy atom. The highest BCUT2D eigenvalue weighted by atomic mass is 35.5. The van der Waals surface area contributed by atoms with Crippen LogP contribution < -0.4 is 9.47 Å². The van der Waals surface area contributed by atoms with E-state index in [-0.39, 0.29) is 0 Å². The molecule has 0 spiro atoms. The van der Waals surface area contributed by atoms with Gasteiger partial charge in [-0.3, -0.25) is 0 Å². The fourth-order valence-corrected chi connectivity index (χ4v) is 2.39. The van der Waals surface area contributed by atoms with Crippen molar-refractivity contribution in [2.45, 2.75) is 0 Å². The number of aromatic amines is 1. The second-order valence-electron chi connectivity index (χ2n) is 4.16. The molecular formula is C14H12ClN3O2. The molecule has 0 bridgehead atoms. The van der Waals surface area contributed by atoms with Crippen LogP contribution in [0, 0.1) is 0 Å². The van der Waals surface area contributed by atoms with Crippen molar-refractivity contribution in [1.29, 1.82) is 0 Å². The summed E-state index contributed by atoms with van der Waals surface area (Å²) >= 11 is 6.16. The van der Waals surface area contributed by atoms with Crippen LogP contribution in [0.15, 0.2) is 30.7 Å². The van der Waals surface area contributed by atoms with E-state index in [0.717, 1.165) is 16.5 Å². The lowest BCUT2D eigenvalue weighted by atomic mass is 10.1. The van der Waals surface area contributed by atoms with Crippen LogP contribution in [-0.2, 0) is 0 Å². The van der Waals surface area contributed by atoms with Crippen molar-refractivity contribution in [3.8, 4) is 22.6 Å². The van der Waals surface area contributed by atoms with Crippen molar-refractivity contribution < 1.29 is 9.47 Å². The number of benzene rings is 1. The maximum atomic E-state index is 6.16. The lowest BCUT2D eigenvalue weighted by molar-refractivity contribution is 0.355. The third-order valence-corrected chi connectivity index (χ3v) is 3.40. The first-order chi connectivity index (χ1) is 9.74. The topological polar surface area (TPSA) is 60.0 Å². The van der Waals surface area contributed by atoms with E-state index >= 15 is 0 Å². The number of hydrogen-bond acceptors (Lipinski definition) is 4. The summed E-state index contributed by atoms with van der Waals surface area (Å²) in [4.78, 5) is 11.3. The minimum absolute atomic E-state index is 0.418. The zero-order valence-corrected chi connectivity index (χ0v) is 11.7. The Morgan fingerprint density at radius 2 is 1.90 bits per heavy atom. The molecule has 5 nitrogen and oxygen atoms in total. The number of hydrogen-bond donors (Lipinski definition) is 1. The molecule has 0 saturated carbocycles. The van der Waals surface area contributed by atoms with E-state index < -0.39 is 0 Å². The number of fused-ring (bicyclic) bond motifs is 1. The lowest BCUT2D eigenvalue weighted by Crippen LogP contribution is -1.90. The first-order valence-corrected chi connectivity index (χ1v) is 6.32. The number of H-pyrrole nitrogens is 1. The van der Waals surface area contributed by atoms with Crippen LogP contribution in [0.1, 0.15) is 0 Å². The Morgan fingerprint density at radius 3 is 2.65 bits per heavy atom. The Labute approximate surface area is 120 Å². The smallest absolute Gasteiger partial charge is 0.161 e. The summed E-state index contributed by atoms with van der Waals surface area (Å²) < 4.78 is 10.6. The molecule has 0 amide bonds. The Hall–Kier alpha value is -2.27. The number of rotatable bonds is 3. The lowest BCUT2D eigenvalue weighted by Gasteiger charge is -2.09. The van der Waals surface area contributed by atoms with Crippen LogP contribution in [0.5, 0.6) is 11.5 Å². The first kappa shape index (κ1) is 12.7. The SMILES string of the molecule is COc1ccc(-c2c[nH]c3ncnc(Cl)c23)cc1OC. The summed E-state index contributed by atoms with van der Waals surface area (Å²) in [5.41, 5.74) is 2.58. The first-order valence-electron chi connectivity index (χ1n) is 5.94. The predicted octanol–water partition coefficient (Wildman–Crippen LogP) is 3.30. The molecule has 1 N–H and O–H groups in total. The van der Waals surface area contributed by atoms with Crippen molar-refractivity contribution in [3.63, 3.8) is 0 Å². The minimum Gasteiger partial charge on any atom is -0.493 e. The van der Waals surface area contributed by atoms with E-state index in [1.165, 1.54) is 6.33 Å². The number of halogens is 1.